The van der Waals surface area contributed by atoms with Gasteiger partial charge in [-0.1, -0.05) is 48.5 Å². The number of nitrogens with zero attached hydrogens (tertiary/aromatic N) is 5. The molecule has 1 saturated heterocycles. The maximum absolute atomic E-state index is 13.0. The minimum absolute atomic E-state index is 0.0935. The molecule has 1 aliphatic rings. The van der Waals surface area contributed by atoms with Gasteiger partial charge in [0, 0.05) is 24.5 Å². The van der Waals surface area contributed by atoms with Crippen molar-refractivity contribution in [3.63, 3.8) is 0 Å². The zero-order chi connectivity index (χ0) is 23.5. The highest BCUT2D eigenvalue weighted by Crippen LogP contribution is 2.19. The Morgan fingerprint density at radius 3 is 2.41 bits per heavy atom. The zero-order valence-electron chi connectivity index (χ0n) is 19.3. The number of aryl methyl sites for hydroxylation is 1. The van der Waals surface area contributed by atoms with E-state index < -0.39 is 0 Å². The van der Waals surface area contributed by atoms with Crippen LogP contribution in [0.2, 0.25) is 0 Å². The lowest BCUT2D eigenvalue weighted by Crippen LogP contribution is -2.33. The van der Waals surface area contributed by atoms with Gasteiger partial charge in [0.05, 0.1) is 29.9 Å². The van der Waals surface area contributed by atoms with Gasteiger partial charge >= 0.3 is 0 Å². The van der Waals surface area contributed by atoms with E-state index in [1.165, 1.54) is 12.8 Å². The molecule has 34 heavy (non-hydrogen) atoms. The summed E-state index contributed by atoms with van der Waals surface area (Å²) in [4.78, 5) is 28.4. The van der Waals surface area contributed by atoms with Gasteiger partial charge in [0.25, 0.3) is 11.5 Å². The summed E-state index contributed by atoms with van der Waals surface area (Å²) in [5.74, 6) is -0.238. The van der Waals surface area contributed by atoms with E-state index in [2.05, 4.69) is 20.4 Å². The van der Waals surface area contributed by atoms with Crippen molar-refractivity contribution < 1.29 is 4.79 Å². The highest BCUT2D eigenvalue weighted by molar-refractivity contribution is 5.94. The quantitative estimate of drug-likeness (QED) is 0.462. The number of carbonyl (C=O) groups is 1. The molecule has 1 amide bonds. The largest absolute Gasteiger partial charge is 0.345 e. The van der Waals surface area contributed by atoms with Crippen molar-refractivity contribution in [1.82, 2.24) is 29.8 Å². The van der Waals surface area contributed by atoms with Gasteiger partial charge in [-0.25, -0.2) is 4.68 Å². The Labute approximate surface area is 197 Å². The van der Waals surface area contributed by atoms with Crippen LogP contribution in [0.25, 0.3) is 22.0 Å². The normalized spacial score (nSPS) is 14.0. The Bertz CT molecular complexity index is 1370. The van der Waals surface area contributed by atoms with E-state index in [4.69, 9.17) is 0 Å². The fourth-order valence-electron chi connectivity index (χ4n) is 4.51. The Kier molecular flexibility index (Phi) is 6.22. The highest BCUT2D eigenvalue weighted by atomic mass is 16.2. The molecule has 3 heterocycles. The lowest BCUT2D eigenvalue weighted by Gasteiger charge is -2.16. The summed E-state index contributed by atoms with van der Waals surface area (Å²) in [5, 5.41) is 13.5. The van der Waals surface area contributed by atoms with Gasteiger partial charge in [-0.2, -0.15) is 10.2 Å². The lowest BCUT2D eigenvalue weighted by atomic mass is 10.1. The van der Waals surface area contributed by atoms with E-state index in [-0.39, 0.29) is 18.0 Å². The molecule has 8 heteroatoms. The third-order valence-corrected chi connectivity index (χ3v) is 6.37. The van der Waals surface area contributed by atoms with Gasteiger partial charge in [0.1, 0.15) is 5.69 Å². The van der Waals surface area contributed by atoms with Gasteiger partial charge in [0.2, 0.25) is 0 Å². The molecule has 0 spiro atoms. The number of fused-ring (bicyclic) bond motifs is 1. The van der Waals surface area contributed by atoms with Crippen molar-refractivity contribution in [2.45, 2.75) is 25.9 Å². The first kappa shape index (κ1) is 22.0. The van der Waals surface area contributed by atoms with Crippen molar-refractivity contribution in [2.24, 2.45) is 7.05 Å². The van der Waals surface area contributed by atoms with Gasteiger partial charge < -0.3 is 10.2 Å². The predicted molar refractivity (Wildman–Crippen MR) is 131 cm³/mol. The van der Waals surface area contributed by atoms with E-state index in [1.807, 2.05) is 54.6 Å². The van der Waals surface area contributed by atoms with E-state index in [9.17, 15) is 9.59 Å². The Hall–Kier alpha value is -3.78. The van der Waals surface area contributed by atoms with Gasteiger partial charge in [0.15, 0.2) is 0 Å². The smallest absolute Gasteiger partial charge is 0.274 e. The topological polar surface area (TPSA) is 85.1 Å². The highest BCUT2D eigenvalue weighted by Gasteiger charge is 2.17. The molecule has 0 saturated carbocycles. The van der Waals surface area contributed by atoms with Gasteiger partial charge in [-0.15, -0.1) is 0 Å². The number of carbonyl (C=O) groups excluding carboxylic acids is 1. The van der Waals surface area contributed by atoms with E-state index in [1.54, 1.807) is 22.5 Å². The average Bonchev–Trinajstić information content (AvgIpc) is 3.53. The van der Waals surface area contributed by atoms with Crippen LogP contribution in [0.1, 0.15) is 29.0 Å². The number of rotatable bonds is 7. The molecule has 8 nitrogen and oxygen atoms in total. The molecule has 1 N–H and O–H groups in total. The Balaban J connectivity index is 1.37. The van der Waals surface area contributed by atoms with Crippen LogP contribution in [0.5, 0.6) is 0 Å². The van der Waals surface area contributed by atoms with Crippen LogP contribution in [0.4, 0.5) is 0 Å². The minimum Gasteiger partial charge on any atom is -0.345 e. The molecule has 0 unspecified atom stereocenters. The van der Waals surface area contributed by atoms with E-state index in [0.29, 0.717) is 23.3 Å². The minimum atomic E-state index is -0.238. The third-order valence-electron chi connectivity index (χ3n) is 6.37. The number of aromatic nitrogens is 4. The Morgan fingerprint density at radius 2 is 1.65 bits per heavy atom. The predicted octanol–water partition coefficient (Wildman–Crippen LogP) is 2.82. The third kappa shape index (κ3) is 4.49. The molecule has 0 radical (unpaired) electrons. The van der Waals surface area contributed by atoms with Crippen LogP contribution in [0.3, 0.4) is 0 Å². The fourth-order valence-corrected chi connectivity index (χ4v) is 4.51. The molecule has 1 fully saturated rings. The molecule has 5 rings (SSSR count). The van der Waals surface area contributed by atoms with Crippen molar-refractivity contribution >= 4 is 16.7 Å². The SMILES string of the molecule is Cn1nc(-c2ccccc2)cc1C(=O)NCc1nn(CCN2CCCC2)c(=O)c2ccccc12. The standard InChI is InChI=1S/C26H28N6O2/c1-30-24(17-22(28-30)19-9-3-2-4-10-19)25(33)27-18-23-20-11-5-6-12-21(20)26(34)32(29-23)16-15-31-13-7-8-14-31/h2-6,9-12,17H,7-8,13-16,18H2,1H3,(H,27,33). The number of amides is 1. The number of likely N-dealkylation sites (tertiary alicyclic amines) is 1. The van der Waals surface area contributed by atoms with Crippen LogP contribution in [0, 0.1) is 0 Å². The summed E-state index contributed by atoms with van der Waals surface area (Å²) in [6.45, 7) is 3.69. The maximum Gasteiger partial charge on any atom is 0.274 e. The molecule has 2 aromatic heterocycles. The second-order valence-electron chi connectivity index (χ2n) is 8.66. The first-order valence-corrected chi connectivity index (χ1v) is 11.7. The van der Waals surface area contributed by atoms with Gasteiger partial charge in [-0.3, -0.25) is 14.3 Å². The molecule has 174 valence electrons. The number of hydrogen-bond donors (Lipinski definition) is 1. The molecular formula is C26H28N6O2. The van der Waals surface area contributed by atoms with Crippen molar-refractivity contribution in [3.05, 3.63) is 82.4 Å². The molecular weight excluding hydrogens is 428 g/mol. The Morgan fingerprint density at radius 1 is 0.941 bits per heavy atom. The number of hydrogen-bond acceptors (Lipinski definition) is 5. The summed E-state index contributed by atoms with van der Waals surface area (Å²) in [6.07, 6.45) is 2.41. The van der Waals surface area contributed by atoms with Crippen molar-refractivity contribution in [1.29, 1.82) is 0 Å². The van der Waals surface area contributed by atoms with Crippen LogP contribution in [-0.2, 0) is 20.1 Å². The lowest BCUT2D eigenvalue weighted by molar-refractivity contribution is 0.0941. The summed E-state index contributed by atoms with van der Waals surface area (Å²) < 4.78 is 3.12. The average molecular weight is 457 g/mol. The molecule has 0 aliphatic carbocycles. The summed E-state index contributed by atoms with van der Waals surface area (Å²) in [6, 6.07) is 19.0. The van der Waals surface area contributed by atoms with Crippen LogP contribution >= 0.6 is 0 Å². The van der Waals surface area contributed by atoms with Crippen LogP contribution < -0.4 is 10.9 Å². The monoisotopic (exact) mass is 456 g/mol. The molecule has 0 bridgehead atoms. The second-order valence-corrected chi connectivity index (χ2v) is 8.66. The van der Waals surface area contributed by atoms with Crippen molar-refractivity contribution in [3.8, 4) is 11.3 Å². The van der Waals surface area contributed by atoms with Crippen LogP contribution in [0.15, 0.2) is 65.5 Å². The maximum atomic E-state index is 13.0. The van der Waals surface area contributed by atoms with Crippen LogP contribution in [-0.4, -0.2) is 50.0 Å². The zero-order valence-corrected chi connectivity index (χ0v) is 19.3. The molecule has 0 atom stereocenters. The molecule has 4 aromatic rings. The van der Waals surface area contributed by atoms with Crippen molar-refractivity contribution in [2.75, 3.05) is 19.6 Å². The van der Waals surface area contributed by atoms with Gasteiger partial charge in [-0.05, 0) is 38.1 Å². The molecule has 1 aliphatic heterocycles. The number of nitrogens with one attached hydrogen (secondary N) is 1. The fraction of sp³-hybridized carbons (Fsp3) is 0.308. The summed E-state index contributed by atoms with van der Waals surface area (Å²) >= 11 is 0. The first-order valence-electron chi connectivity index (χ1n) is 11.7. The van der Waals surface area contributed by atoms with E-state index >= 15 is 0 Å². The summed E-state index contributed by atoms with van der Waals surface area (Å²) in [5.41, 5.74) is 2.74. The number of benzene rings is 2. The second kappa shape index (κ2) is 9.61. The summed E-state index contributed by atoms with van der Waals surface area (Å²) in [7, 11) is 1.76. The molecule has 2 aromatic carbocycles. The first-order chi connectivity index (χ1) is 16.6. The van der Waals surface area contributed by atoms with E-state index in [0.717, 1.165) is 36.3 Å².